The molecule has 8 heteroatoms. The monoisotopic (exact) mass is 474 g/mol. The van der Waals surface area contributed by atoms with Crippen molar-refractivity contribution in [3.05, 3.63) is 61.7 Å². The number of benzene rings is 1. The fraction of sp³-hybridized carbons (Fsp3) is 0.381. The zero-order chi connectivity index (χ0) is 20.2. The molecule has 152 valence electrons. The van der Waals surface area contributed by atoms with Gasteiger partial charge in [0.2, 0.25) is 5.91 Å². The Balaban J connectivity index is 1.32. The van der Waals surface area contributed by atoms with Crippen molar-refractivity contribution in [1.82, 2.24) is 19.8 Å². The molecule has 3 heterocycles. The van der Waals surface area contributed by atoms with E-state index in [2.05, 4.69) is 48.6 Å². The van der Waals surface area contributed by atoms with E-state index in [0.29, 0.717) is 23.4 Å². The van der Waals surface area contributed by atoms with Crippen LogP contribution in [0, 0.1) is 5.92 Å². The Morgan fingerprint density at radius 3 is 3.07 bits per heavy atom. The maximum absolute atomic E-state index is 12.6. The fourth-order valence-electron chi connectivity index (χ4n) is 3.80. The van der Waals surface area contributed by atoms with Gasteiger partial charge in [0.25, 0.3) is 5.56 Å². The molecule has 1 unspecified atom stereocenters. The highest BCUT2D eigenvalue weighted by Crippen LogP contribution is 2.20. The van der Waals surface area contributed by atoms with Gasteiger partial charge in [0, 0.05) is 29.0 Å². The molecule has 29 heavy (non-hydrogen) atoms. The Bertz CT molecular complexity index is 1050. The molecule has 1 aliphatic rings. The highest BCUT2D eigenvalue weighted by molar-refractivity contribution is 9.10. The predicted molar refractivity (Wildman–Crippen MR) is 119 cm³/mol. The largest absolute Gasteiger partial charge is 0.354 e. The van der Waals surface area contributed by atoms with E-state index < -0.39 is 0 Å². The Labute approximate surface area is 181 Å². The normalized spacial score (nSPS) is 17.5. The molecule has 1 amide bonds. The summed E-state index contributed by atoms with van der Waals surface area (Å²) in [7, 11) is 0. The summed E-state index contributed by atoms with van der Waals surface area (Å²) in [6.45, 7) is 3.70. The number of amides is 1. The lowest BCUT2D eigenvalue weighted by Gasteiger charge is -2.32. The molecular weight excluding hydrogens is 452 g/mol. The van der Waals surface area contributed by atoms with Gasteiger partial charge in [0.05, 0.1) is 17.2 Å². The maximum atomic E-state index is 12.6. The minimum absolute atomic E-state index is 0.0140. The van der Waals surface area contributed by atoms with E-state index in [1.165, 1.54) is 15.8 Å². The van der Waals surface area contributed by atoms with Crippen molar-refractivity contribution in [2.24, 2.45) is 5.92 Å². The fourth-order valence-corrected chi connectivity index (χ4v) is 4.90. The molecule has 0 aliphatic carbocycles. The summed E-state index contributed by atoms with van der Waals surface area (Å²) in [6, 6.07) is 9.63. The van der Waals surface area contributed by atoms with Gasteiger partial charge >= 0.3 is 0 Å². The molecule has 0 bridgehead atoms. The molecule has 3 aromatic rings. The smallest absolute Gasteiger partial charge is 0.261 e. The van der Waals surface area contributed by atoms with Crippen LogP contribution >= 0.6 is 27.3 Å². The lowest BCUT2D eigenvalue weighted by atomic mass is 9.98. The van der Waals surface area contributed by atoms with Gasteiger partial charge in [-0.2, -0.15) is 0 Å². The first kappa shape index (κ1) is 20.3. The average Bonchev–Trinajstić information content (AvgIpc) is 3.22. The van der Waals surface area contributed by atoms with E-state index in [1.807, 2.05) is 6.07 Å². The third-order valence-electron chi connectivity index (χ3n) is 5.25. The van der Waals surface area contributed by atoms with Crippen LogP contribution in [-0.4, -0.2) is 40.0 Å². The number of carbonyl (C=O) groups is 1. The molecule has 1 aliphatic heterocycles. The van der Waals surface area contributed by atoms with Gasteiger partial charge < -0.3 is 5.32 Å². The van der Waals surface area contributed by atoms with E-state index in [0.717, 1.165) is 36.9 Å². The Kier molecular flexibility index (Phi) is 6.42. The number of piperidine rings is 1. The number of fused-ring (bicyclic) bond motifs is 1. The summed E-state index contributed by atoms with van der Waals surface area (Å²) in [5.74, 6) is 0.286. The number of nitrogens with zero attached hydrogens (tertiary/aromatic N) is 3. The maximum Gasteiger partial charge on any atom is 0.261 e. The topological polar surface area (TPSA) is 67.2 Å². The molecule has 0 radical (unpaired) electrons. The lowest BCUT2D eigenvalue weighted by molar-refractivity contribution is -0.122. The third-order valence-corrected chi connectivity index (χ3v) is 6.60. The molecule has 0 spiro atoms. The highest BCUT2D eigenvalue weighted by Gasteiger charge is 2.21. The summed E-state index contributed by atoms with van der Waals surface area (Å²) in [4.78, 5) is 33.2. The van der Waals surface area contributed by atoms with Gasteiger partial charge in [-0.1, -0.05) is 22.0 Å². The first-order valence-corrected chi connectivity index (χ1v) is 11.4. The van der Waals surface area contributed by atoms with Crippen LogP contribution in [0.1, 0.15) is 17.7 Å². The molecule has 2 aromatic heterocycles. The molecule has 6 nitrogen and oxygen atoms in total. The van der Waals surface area contributed by atoms with Crippen LogP contribution in [-0.2, 0) is 17.9 Å². The number of thiophene rings is 1. The average molecular weight is 475 g/mol. The number of halogens is 1. The lowest BCUT2D eigenvalue weighted by Crippen LogP contribution is -2.41. The van der Waals surface area contributed by atoms with Gasteiger partial charge in [0.15, 0.2) is 0 Å². The zero-order valence-corrected chi connectivity index (χ0v) is 18.4. The number of aromatic nitrogens is 2. The number of rotatable bonds is 6. The predicted octanol–water partition coefficient (Wildman–Crippen LogP) is 3.25. The first-order chi connectivity index (χ1) is 14.1. The quantitative estimate of drug-likeness (QED) is 0.595. The molecular formula is C21H23BrN4O2S. The minimum atomic E-state index is -0.203. The third kappa shape index (κ3) is 5.12. The van der Waals surface area contributed by atoms with Crippen molar-refractivity contribution < 1.29 is 4.79 Å². The first-order valence-electron chi connectivity index (χ1n) is 9.74. The summed E-state index contributed by atoms with van der Waals surface area (Å²) < 4.78 is 2.18. The van der Waals surface area contributed by atoms with Crippen molar-refractivity contribution in [2.75, 3.05) is 19.6 Å². The summed E-state index contributed by atoms with van der Waals surface area (Å²) in [5.41, 5.74) is 0.425. The van der Waals surface area contributed by atoms with Crippen molar-refractivity contribution in [1.29, 1.82) is 0 Å². The molecule has 0 saturated carbocycles. The van der Waals surface area contributed by atoms with E-state index >= 15 is 0 Å². The standard InChI is InChI=1S/C21H23BrN4O2S/c22-16-5-6-19-18(9-16)21(28)26(14-24-19)13-20(27)23-10-15-3-1-7-25(11-15)12-17-4-2-8-29-17/h2,4-6,8-9,14-15H,1,3,7,10-13H2,(H,23,27). The van der Waals surface area contributed by atoms with Crippen LogP contribution in [0.5, 0.6) is 0 Å². The molecule has 1 atom stereocenters. The van der Waals surface area contributed by atoms with Crippen LogP contribution in [0.3, 0.4) is 0 Å². The van der Waals surface area contributed by atoms with E-state index in [9.17, 15) is 9.59 Å². The Morgan fingerprint density at radius 1 is 1.34 bits per heavy atom. The number of hydrogen-bond acceptors (Lipinski definition) is 5. The zero-order valence-electron chi connectivity index (χ0n) is 16.0. The van der Waals surface area contributed by atoms with Gasteiger partial charge in [-0.25, -0.2) is 4.98 Å². The second-order valence-electron chi connectivity index (χ2n) is 7.47. The Hall–Kier alpha value is -2.03. The summed E-state index contributed by atoms with van der Waals surface area (Å²) >= 11 is 5.16. The van der Waals surface area contributed by atoms with Crippen molar-refractivity contribution in [2.45, 2.75) is 25.9 Å². The molecule has 1 N–H and O–H groups in total. The SMILES string of the molecule is O=C(Cn1cnc2ccc(Br)cc2c1=O)NCC1CCCN(Cc2cccs2)C1. The highest BCUT2D eigenvalue weighted by atomic mass is 79.9. The van der Waals surface area contributed by atoms with Gasteiger partial charge in [0.1, 0.15) is 6.54 Å². The van der Waals surface area contributed by atoms with Crippen molar-refractivity contribution in [3.8, 4) is 0 Å². The van der Waals surface area contributed by atoms with Crippen molar-refractivity contribution >= 4 is 44.1 Å². The molecule has 1 saturated heterocycles. The van der Waals surface area contributed by atoms with Crippen molar-refractivity contribution in [3.63, 3.8) is 0 Å². The van der Waals surface area contributed by atoms with Gasteiger partial charge in [-0.05, 0) is 54.9 Å². The van der Waals surface area contributed by atoms with Crippen LogP contribution in [0.2, 0.25) is 0 Å². The number of nitrogens with one attached hydrogen (secondary N) is 1. The van der Waals surface area contributed by atoms with Crippen LogP contribution < -0.4 is 10.9 Å². The van der Waals surface area contributed by atoms with Crippen LogP contribution in [0.15, 0.2) is 51.3 Å². The molecule has 4 rings (SSSR count). The number of carbonyl (C=O) groups excluding carboxylic acids is 1. The van der Waals surface area contributed by atoms with E-state index in [1.54, 1.807) is 23.5 Å². The second kappa shape index (κ2) is 9.19. The van der Waals surface area contributed by atoms with Gasteiger partial charge in [-0.15, -0.1) is 11.3 Å². The van der Waals surface area contributed by atoms with E-state index in [4.69, 9.17) is 0 Å². The summed E-state index contributed by atoms with van der Waals surface area (Å²) in [5, 5.41) is 5.62. The number of likely N-dealkylation sites (tertiary alicyclic amines) is 1. The number of hydrogen-bond donors (Lipinski definition) is 1. The molecule has 1 aromatic carbocycles. The second-order valence-corrected chi connectivity index (χ2v) is 9.41. The molecule has 1 fully saturated rings. The van der Waals surface area contributed by atoms with Crippen LogP contribution in [0.25, 0.3) is 10.9 Å². The van der Waals surface area contributed by atoms with Crippen LogP contribution in [0.4, 0.5) is 0 Å². The minimum Gasteiger partial charge on any atom is -0.354 e. The van der Waals surface area contributed by atoms with E-state index in [-0.39, 0.29) is 18.0 Å². The van der Waals surface area contributed by atoms with Gasteiger partial charge in [-0.3, -0.25) is 19.1 Å². The Morgan fingerprint density at radius 2 is 2.24 bits per heavy atom. The summed E-state index contributed by atoms with van der Waals surface area (Å²) in [6.07, 6.45) is 3.71.